The van der Waals surface area contributed by atoms with Crippen LogP contribution < -0.4 is 15.5 Å². The van der Waals surface area contributed by atoms with Gasteiger partial charge in [-0.2, -0.15) is 0 Å². The monoisotopic (exact) mass is 541 g/mol. The fourth-order valence-electron chi connectivity index (χ4n) is 4.57. The Balaban J connectivity index is 1.34. The molecule has 5 rings (SSSR count). The molecular weight excluding hydrogens is 514 g/mol. The Bertz CT molecular complexity index is 1380. The smallest absolute Gasteiger partial charge is 0.325 e. The Labute approximate surface area is 219 Å². The highest BCUT2D eigenvalue weighted by Crippen LogP contribution is 2.33. The van der Waals surface area contributed by atoms with E-state index in [1.54, 1.807) is 18.2 Å². The second kappa shape index (κ2) is 11.0. The number of urea groups is 1. The Kier molecular flexibility index (Phi) is 7.49. The van der Waals surface area contributed by atoms with Gasteiger partial charge in [-0.15, -0.1) is 0 Å². The van der Waals surface area contributed by atoms with Crippen molar-refractivity contribution in [3.05, 3.63) is 54.4 Å². The summed E-state index contributed by atoms with van der Waals surface area (Å²) in [7, 11) is -3.84. The van der Waals surface area contributed by atoms with Crippen LogP contribution in [-0.4, -0.2) is 56.5 Å². The quantitative estimate of drug-likeness (QED) is 0.425. The molecule has 10 nitrogen and oxygen atoms in total. The number of benzene rings is 1. The van der Waals surface area contributed by atoms with Crippen molar-refractivity contribution in [1.82, 2.24) is 9.97 Å². The lowest BCUT2D eigenvalue weighted by Crippen LogP contribution is -2.36. The number of carbonyl (C=O) groups excluding carboxylic acids is 2. The maximum absolute atomic E-state index is 13.4. The molecule has 2 amide bonds. The number of carbonyl (C=O) groups is 2. The number of hydrogen-bond donors (Lipinski definition) is 2. The second-order valence-electron chi connectivity index (χ2n) is 8.91. The highest BCUT2D eigenvalue weighted by Gasteiger charge is 2.27. The molecule has 0 atom stereocenters. The van der Waals surface area contributed by atoms with Crippen LogP contribution in [0.3, 0.4) is 0 Å². The highest BCUT2D eigenvalue weighted by molar-refractivity contribution is 7.93. The average Bonchev–Trinajstić information content (AvgIpc) is 3.63. The predicted octanol–water partition coefficient (Wildman–Crippen LogP) is 4.22. The molecule has 3 aromatic rings. The third-order valence-corrected chi connectivity index (χ3v) is 9.54. The van der Waals surface area contributed by atoms with E-state index in [2.05, 4.69) is 25.5 Å². The van der Waals surface area contributed by atoms with Crippen molar-refractivity contribution < 1.29 is 22.7 Å². The van der Waals surface area contributed by atoms with Crippen LogP contribution in [0.1, 0.15) is 36.0 Å². The molecule has 0 spiro atoms. The van der Waals surface area contributed by atoms with Gasteiger partial charge < -0.3 is 15.0 Å². The molecule has 0 bridgehead atoms. The molecule has 1 aliphatic carbocycles. The Hall–Kier alpha value is -3.35. The van der Waals surface area contributed by atoms with Gasteiger partial charge in [-0.1, -0.05) is 30.2 Å². The summed E-state index contributed by atoms with van der Waals surface area (Å²) in [5.74, 6) is -0.0252. The van der Waals surface area contributed by atoms with Gasteiger partial charge in [0.25, 0.3) is 0 Å². The number of aromatic nitrogens is 2. The molecule has 37 heavy (non-hydrogen) atoms. The summed E-state index contributed by atoms with van der Waals surface area (Å²) in [4.78, 5) is 36.3. The standard InChI is InChI=1S/C25H27N5O5S2/c31-23(17-5-1-2-6-17)19-15-18(30-11-13-35-14-12-30)8-9-20(19)28-24(32)29-25-27-16-22(36-25)37(33,34)21-7-3-4-10-26-21/h3-4,7-10,15-17H,1-2,5-6,11-14H2,(H2,27,28,29,32). The minimum absolute atomic E-state index is 0.0286. The van der Waals surface area contributed by atoms with Crippen LogP contribution in [0.2, 0.25) is 0 Å². The van der Waals surface area contributed by atoms with Gasteiger partial charge in [0.1, 0.15) is 4.21 Å². The number of nitrogens with zero attached hydrogens (tertiary/aromatic N) is 3. The molecule has 0 unspecified atom stereocenters. The van der Waals surface area contributed by atoms with Gasteiger partial charge in [-0.3, -0.25) is 10.1 Å². The Morgan fingerprint density at radius 1 is 1.03 bits per heavy atom. The zero-order chi connectivity index (χ0) is 25.8. The van der Waals surface area contributed by atoms with Crippen LogP contribution in [0.4, 0.5) is 21.3 Å². The van der Waals surface area contributed by atoms with Crippen LogP contribution in [0, 0.1) is 5.92 Å². The van der Waals surface area contributed by atoms with Crippen LogP contribution >= 0.6 is 11.3 Å². The number of rotatable bonds is 7. The number of sulfone groups is 1. The molecule has 2 fully saturated rings. The lowest BCUT2D eigenvalue weighted by Gasteiger charge is -2.29. The largest absolute Gasteiger partial charge is 0.378 e. The molecule has 1 saturated heterocycles. The zero-order valence-electron chi connectivity index (χ0n) is 20.1. The number of pyridine rings is 1. The molecule has 3 heterocycles. The number of ketones is 1. The normalized spacial score (nSPS) is 16.5. The maximum Gasteiger partial charge on any atom is 0.325 e. The van der Waals surface area contributed by atoms with E-state index in [-0.39, 0.29) is 26.1 Å². The highest BCUT2D eigenvalue weighted by atomic mass is 32.2. The van der Waals surface area contributed by atoms with E-state index < -0.39 is 15.9 Å². The van der Waals surface area contributed by atoms with Gasteiger partial charge in [0.2, 0.25) is 9.84 Å². The van der Waals surface area contributed by atoms with E-state index in [9.17, 15) is 18.0 Å². The number of hydrogen-bond acceptors (Lipinski definition) is 9. The Morgan fingerprint density at radius 2 is 1.81 bits per heavy atom. The van der Waals surface area contributed by atoms with Crippen molar-refractivity contribution in [3.63, 3.8) is 0 Å². The number of nitrogens with one attached hydrogen (secondary N) is 2. The molecule has 12 heteroatoms. The summed E-state index contributed by atoms with van der Waals surface area (Å²) in [5.41, 5.74) is 1.80. The van der Waals surface area contributed by atoms with E-state index in [0.717, 1.165) is 55.8 Å². The molecule has 2 aliphatic rings. The predicted molar refractivity (Wildman–Crippen MR) is 140 cm³/mol. The van der Waals surface area contributed by atoms with Crippen LogP contribution in [-0.2, 0) is 14.6 Å². The van der Waals surface area contributed by atoms with E-state index in [1.807, 2.05) is 12.1 Å². The van der Waals surface area contributed by atoms with E-state index >= 15 is 0 Å². The third-order valence-electron chi connectivity index (χ3n) is 6.50. The summed E-state index contributed by atoms with van der Waals surface area (Å²) in [6, 6.07) is 9.47. The minimum Gasteiger partial charge on any atom is -0.378 e. The second-order valence-corrected chi connectivity index (χ2v) is 12.1. The first-order valence-corrected chi connectivity index (χ1v) is 14.4. The van der Waals surface area contributed by atoms with E-state index in [1.165, 1.54) is 18.5 Å². The summed E-state index contributed by atoms with van der Waals surface area (Å²) in [6.45, 7) is 2.72. The topological polar surface area (TPSA) is 131 Å². The summed E-state index contributed by atoms with van der Waals surface area (Å²) < 4.78 is 30.9. The van der Waals surface area contributed by atoms with Crippen LogP contribution in [0.15, 0.2) is 58.0 Å². The van der Waals surface area contributed by atoms with Gasteiger partial charge in [-0.05, 0) is 43.2 Å². The van der Waals surface area contributed by atoms with Gasteiger partial charge in [0.15, 0.2) is 15.9 Å². The van der Waals surface area contributed by atoms with Crippen molar-refractivity contribution in [3.8, 4) is 0 Å². The molecule has 1 aliphatic heterocycles. The molecule has 2 aromatic heterocycles. The van der Waals surface area contributed by atoms with Crippen LogP contribution in [0.5, 0.6) is 0 Å². The first-order chi connectivity index (χ1) is 17.9. The van der Waals surface area contributed by atoms with Crippen molar-refractivity contribution >= 4 is 49.5 Å². The summed E-state index contributed by atoms with van der Waals surface area (Å²) >= 11 is 0.829. The fraction of sp³-hybridized carbons (Fsp3) is 0.360. The lowest BCUT2D eigenvalue weighted by atomic mass is 9.94. The summed E-state index contributed by atoms with van der Waals surface area (Å²) in [5, 5.41) is 5.37. The first-order valence-electron chi connectivity index (χ1n) is 12.1. The molecule has 194 valence electrons. The number of morpholine rings is 1. The third kappa shape index (κ3) is 5.65. The molecule has 1 aromatic carbocycles. The van der Waals surface area contributed by atoms with Gasteiger partial charge in [-0.25, -0.2) is 23.2 Å². The number of ether oxygens (including phenoxy) is 1. The number of thiazole rings is 1. The van der Waals surface area contributed by atoms with Gasteiger partial charge in [0, 0.05) is 36.5 Å². The first kappa shape index (κ1) is 25.3. The molecule has 0 radical (unpaired) electrons. The summed E-state index contributed by atoms with van der Waals surface area (Å²) in [6.07, 6.45) is 6.33. The number of anilines is 3. The minimum atomic E-state index is -3.84. The fourth-order valence-corrected chi connectivity index (χ4v) is 6.90. The molecular formula is C25H27N5O5S2. The van der Waals surface area contributed by atoms with E-state index in [4.69, 9.17) is 4.74 Å². The van der Waals surface area contributed by atoms with Crippen molar-refractivity contribution in [1.29, 1.82) is 0 Å². The van der Waals surface area contributed by atoms with Crippen LogP contribution in [0.25, 0.3) is 0 Å². The SMILES string of the molecule is O=C(Nc1ncc(S(=O)(=O)c2ccccn2)s1)Nc1ccc(N2CCOCC2)cc1C(=O)C1CCCC1. The lowest BCUT2D eigenvalue weighted by molar-refractivity contribution is 0.0923. The maximum atomic E-state index is 13.4. The van der Waals surface area contributed by atoms with Crippen molar-refractivity contribution in [2.45, 2.75) is 34.9 Å². The zero-order valence-corrected chi connectivity index (χ0v) is 21.7. The van der Waals surface area contributed by atoms with E-state index in [0.29, 0.717) is 24.5 Å². The average molecular weight is 542 g/mol. The van der Waals surface area contributed by atoms with Crippen molar-refractivity contribution in [2.75, 3.05) is 41.8 Å². The number of Topliss-reactive ketones (excluding diaryl/α,β-unsaturated/α-hetero) is 1. The van der Waals surface area contributed by atoms with Crippen molar-refractivity contribution in [2.24, 2.45) is 5.92 Å². The Morgan fingerprint density at radius 3 is 2.54 bits per heavy atom. The van der Waals surface area contributed by atoms with Gasteiger partial charge in [0.05, 0.1) is 25.1 Å². The molecule has 1 saturated carbocycles. The number of amides is 2. The molecule has 2 N–H and O–H groups in total. The van der Waals surface area contributed by atoms with Gasteiger partial charge >= 0.3 is 6.03 Å².